The second kappa shape index (κ2) is 2.62. The highest BCUT2D eigenvalue weighted by Gasteiger charge is 2.44. The fraction of sp³-hybridized carbons (Fsp3) is 0.333. The van der Waals surface area contributed by atoms with E-state index in [1.54, 1.807) is 12.1 Å². The molecular weight excluding hydrogens is 236 g/mol. The molecule has 0 heterocycles. The molecule has 1 aromatic carbocycles. The van der Waals surface area contributed by atoms with Crippen molar-refractivity contribution in [2.45, 2.75) is 18.4 Å². The molecule has 1 aliphatic rings. The van der Waals surface area contributed by atoms with E-state index < -0.39 is 5.60 Å². The van der Waals surface area contributed by atoms with Gasteiger partial charge in [-0.15, -0.1) is 0 Å². The third-order valence-electron chi connectivity index (χ3n) is 2.33. The fourth-order valence-corrected chi connectivity index (χ4v) is 1.64. The Hall–Kier alpha value is -0.740. The van der Waals surface area contributed by atoms with Crippen molar-refractivity contribution in [3.05, 3.63) is 22.2 Å². The van der Waals surface area contributed by atoms with E-state index in [9.17, 15) is 15.3 Å². The van der Waals surface area contributed by atoms with Gasteiger partial charge in [-0.1, -0.05) is 6.07 Å². The molecule has 0 atom stereocenters. The van der Waals surface area contributed by atoms with Crippen LogP contribution in [0.25, 0.3) is 0 Å². The summed E-state index contributed by atoms with van der Waals surface area (Å²) in [4.78, 5) is 0. The molecule has 70 valence electrons. The van der Waals surface area contributed by atoms with Crippen LogP contribution in [0.1, 0.15) is 18.4 Å². The predicted molar refractivity (Wildman–Crippen MR) is 50.6 cm³/mol. The van der Waals surface area contributed by atoms with Crippen LogP contribution in [0.4, 0.5) is 0 Å². The largest absolute Gasteiger partial charge is 0.504 e. The van der Waals surface area contributed by atoms with E-state index in [1.807, 2.05) is 0 Å². The first-order valence-electron chi connectivity index (χ1n) is 3.98. The van der Waals surface area contributed by atoms with Gasteiger partial charge >= 0.3 is 0 Å². The highest BCUT2D eigenvalue weighted by atomic mass is 79.9. The van der Waals surface area contributed by atoms with Crippen LogP contribution in [0.5, 0.6) is 11.5 Å². The van der Waals surface area contributed by atoms with Crippen LogP contribution in [0.3, 0.4) is 0 Å². The molecule has 0 unspecified atom stereocenters. The van der Waals surface area contributed by atoms with Crippen LogP contribution in [-0.2, 0) is 5.60 Å². The Labute approximate surface area is 83.8 Å². The second-order valence-corrected chi connectivity index (χ2v) is 4.18. The summed E-state index contributed by atoms with van der Waals surface area (Å²) >= 11 is 3.08. The van der Waals surface area contributed by atoms with Gasteiger partial charge in [0.25, 0.3) is 0 Å². The lowest BCUT2D eigenvalue weighted by molar-refractivity contribution is 0.147. The van der Waals surface area contributed by atoms with E-state index >= 15 is 0 Å². The Morgan fingerprint density at radius 2 is 1.77 bits per heavy atom. The molecule has 0 saturated heterocycles. The van der Waals surface area contributed by atoms with Gasteiger partial charge in [-0.05, 0) is 34.8 Å². The molecule has 2 rings (SSSR count). The lowest BCUT2D eigenvalue weighted by Crippen LogP contribution is -2.04. The van der Waals surface area contributed by atoms with Crippen molar-refractivity contribution in [2.75, 3.05) is 0 Å². The monoisotopic (exact) mass is 244 g/mol. The predicted octanol–water partition coefficient (Wildman–Crippen LogP) is 1.84. The summed E-state index contributed by atoms with van der Waals surface area (Å²) in [7, 11) is 0. The average Bonchev–Trinajstić information content (AvgIpc) is 2.80. The summed E-state index contributed by atoms with van der Waals surface area (Å²) in [6, 6.07) is 3.23. The highest BCUT2D eigenvalue weighted by Crippen LogP contribution is 2.51. The number of hydrogen-bond acceptors (Lipinski definition) is 3. The number of benzene rings is 1. The Kier molecular flexibility index (Phi) is 1.78. The van der Waals surface area contributed by atoms with Gasteiger partial charge in [0.1, 0.15) is 0 Å². The van der Waals surface area contributed by atoms with Crippen LogP contribution < -0.4 is 0 Å². The SMILES string of the molecule is Oc1c(Br)ccc(C2(O)CC2)c1O. The standard InChI is InChI=1S/C9H9BrO3/c10-6-2-1-5(7(11)8(6)12)9(13)3-4-9/h1-2,11-13H,3-4H2. The van der Waals surface area contributed by atoms with Crippen molar-refractivity contribution in [3.63, 3.8) is 0 Å². The van der Waals surface area contributed by atoms with Gasteiger partial charge in [-0.25, -0.2) is 0 Å². The van der Waals surface area contributed by atoms with Crippen LogP contribution >= 0.6 is 15.9 Å². The zero-order chi connectivity index (χ0) is 9.64. The van der Waals surface area contributed by atoms with Crippen LogP contribution in [0.2, 0.25) is 0 Å². The Morgan fingerprint density at radius 1 is 1.15 bits per heavy atom. The van der Waals surface area contributed by atoms with Gasteiger partial charge in [-0.3, -0.25) is 0 Å². The number of halogens is 1. The number of phenolic OH excluding ortho intramolecular Hbond substituents is 2. The number of phenols is 2. The molecule has 1 aliphatic carbocycles. The van der Waals surface area contributed by atoms with Gasteiger partial charge in [0.15, 0.2) is 11.5 Å². The first-order chi connectivity index (χ1) is 6.04. The molecule has 4 heteroatoms. The van der Waals surface area contributed by atoms with Crippen molar-refractivity contribution in [2.24, 2.45) is 0 Å². The van der Waals surface area contributed by atoms with E-state index in [-0.39, 0.29) is 11.5 Å². The minimum atomic E-state index is -0.914. The molecule has 1 fully saturated rings. The van der Waals surface area contributed by atoms with Crippen molar-refractivity contribution >= 4 is 15.9 Å². The first-order valence-corrected chi connectivity index (χ1v) is 4.77. The summed E-state index contributed by atoms with van der Waals surface area (Å²) in [5.74, 6) is -0.438. The topological polar surface area (TPSA) is 60.7 Å². The van der Waals surface area contributed by atoms with Crippen LogP contribution in [0.15, 0.2) is 16.6 Å². The number of rotatable bonds is 1. The maximum atomic E-state index is 9.71. The normalized spacial score (nSPS) is 18.6. The van der Waals surface area contributed by atoms with Crippen molar-refractivity contribution in [3.8, 4) is 11.5 Å². The maximum absolute atomic E-state index is 9.71. The minimum Gasteiger partial charge on any atom is -0.504 e. The van der Waals surface area contributed by atoms with Gasteiger partial charge in [-0.2, -0.15) is 0 Å². The van der Waals surface area contributed by atoms with E-state index in [1.165, 1.54) is 0 Å². The van der Waals surface area contributed by atoms with E-state index in [0.717, 1.165) is 0 Å². The van der Waals surface area contributed by atoms with Crippen LogP contribution in [-0.4, -0.2) is 15.3 Å². The molecule has 0 aliphatic heterocycles. The third kappa shape index (κ3) is 1.30. The number of aliphatic hydroxyl groups is 1. The van der Waals surface area contributed by atoms with Crippen LogP contribution in [0, 0.1) is 0 Å². The van der Waals surface area contributed by atoms with Gasteiger partial charge < -0.3 is 15.3 Å². The lowest BCUT2D eigenvalue weighted by atomic mass is 10.1. The molecule has 1 aromatic rings. The third-order valence-corrected chi connectivity index (χ3v) is 2.97. The zero-order valence-electron chi connectivity index (χ0n) is 6.79. The van der Waals surface area contributed by atoms with Gasteiger partial charge in [0.2, 0.25) is 0 Å². The van der Waals surface area contributed by atoms with E-state index in [2.05, 4.69) is 15.9 Å². The van der Waals surface area contributed by atoms with Crippen molar-refractivity contribution < 1.29 is 15.3 Å². The summed E-state index contributed by atoms with van der Waals surface area (Å²) in [6.45, 7) is 0. The van der Waals surface area contributed by atoms with Crippen molar-refractivity contribution in [1.82, 2.24) is 0 Å². The minimum absolute atomic E-state index is 0.210. The Balaban J connectivity index is 2.54. The molecule has 3 N–H and O–H groups in total. The second-order valence-electron chi connectivity index (χ2n) is 3.32. The quantitative estimate of drug-likeness (QED) is 0.661. The molecule has 0 spiro atoms. The molecule has 13 heavy (non-hydrogen) atoms. The first kappa shape index (κ1) is 8.84. The molecular formula is C9H9BrO3. The molecule has 1 saturated carbocycles. The summed E-state index contributed by atoms with van der Waals surface area (Å²) in [5, 5.41) is 28.6. The summed E-state index contributed by atoms with van der Waals surface area (Å²) in [5.41, 5.74) is -0.504. The summed E-state index contributed by atoms with van der Waals surface area (Å²) in [6.07, 6.45) is 1.28. The fourth-order valence-electron chi connectivity index (χ4n) is 1.32. The molecule has 0 radical (unpaired) electrons. The molecule has 3 nitrogen and oxygen atoms in total. The molecule has 0 amide bonds. The van der Waals surface area contributed by atoms with Crippen molar-refractivity contribution in [1.29, 1.82) is 0 Å². The highest BCUT2D eigenvalue weighted by molar-refractivity contribution is 9.10. The maximum Gasteiger partial charge on any atom is 0.172 e. The average molecular weight is 245 g/mol. The van der Waals surface area contributed by atoms with E-state index in [0.29, 0.717) is 22.9 Å². The Morgan fingerprint density at radius 3 is 2.31 bits per heavy atom. The lowest BCUT2D eigenvalue weighted by Gasteiger charge is -2.11. The van der Waals surface area contributed by atoms with Gasteiger partial charge in [0.05, 0.1) is 10.1 Å². The van der Waals surface area contributed by atoms with E-state index in [4.69, 9.17) is 0 Å². The smallest absolute Gasteiger partial charge is 0.172 e. The number of aromatic hydroxyl groups is 2. The molecule has 0 aromatic heterocycles. The molecule has 0 bridgehead atoms. The summed E-state index contributed by atoms with van der Waals surface area (Å²) < 4.78 is 0.429. The zero-order valence-corrected chi connectivity index (χ0v) is 8.37. The number of hydrogen-bond donors (Lipinski definition) is 3. The van der Waals surface area contributed by atoms with Gasteiger partial charge in [0, 0.05) is 5.56 Å². The Bertz CT molecular complexity index is 358.